The van der Waals surface area contributed by atoms with Crippen LogP contribution in [0.1, 0.15) is 0 Å². The zero-order chi connectivity index (χ0) is 21.6. The number of methoxy groups -OCH3 is 1. The molecular weight excluding hydrogens is 396 g/mol. The first kappa shape index (κ1) is 20.8. The number of nitrogens with one attached hydrogen (secondary N) is 2. The Morgan fingerprint density at radius 1 is 0.935 bits per heavy atom. The van der Waals surface area contributed by atoms with E-state index in [2.05, 4.69) is 10.3 Å². The molecule has 0 saturated carbocycles. The van der Waals surface area contributed by atoms with Gasteiger partial charge in [0.25, 0.3) is 0 Å². The van der Waals surface area contributed by atoms with Gasteiger partial charge >= 0.3 is 0 Å². The normalized spacial score (nSPS) is 12.2. The number of rotatable bonds is 10. The molecule has 1 aromatic heterocycles. The van der Waals surface area contributed by atoms with Crippen LogP contribution in [0, 0.1) is 0 Å². The molecule has 4 rings (SSSR count). The number of hydrogen-bond acceptors (Lipinski definition) is 6. The fourth-order valence-corrected chi connectivity index (χ4v) is 3.51. The van der Waals surface area contributed by atoms with Gasteiger partial charge in [-0.1, -0.05) is 18.2 Å². The number of phenols is 1. The Labute approximate surface area is 180 Å². The molecule has 0 aliphatic carbocycles. The molecule has 4 N–H and O–H groups in total. The SMILES string of the molecule is COc1ccccc1OCCNCC(O)COc1cccc2[nH]c3ccc(O)cc3c12. The van der Waals surface area contributed by atoms with Gasteiger partial charge in [-0.15, -0.1) is 0 Å². The summed E-state index contributed by atoms with van der Waals surface area (Å²) < 4.78 is 16.9. The molecule has 31 heavy (non-hydrogen) atoms. The minimum atomic E-state index is -0.680. The number of aliphatic hydroxyl groups excluding tert-OH is 1. The number of hydrogen-bond donors (Lipinski definition) is 4. The number of ether oxygens (including phenoxy) is 3. The highest BCUT2D eigenvalue weighted by Gasteiger charge is 2.12. The van der Waals surface area contributed by atoms with E-state index in [1.807, 2.05) is 48.5 Å². The molecule has 1 heterocycles. The van der Waals surface area contributed by atoms with Crippen molar-refractivity contribution < 1.29 is 24.4 Å². The Hall–Kier alpha value is -3.42. The van der Waals surface area contributed by atoms with Crippen LogP contribution in [0.4, 0.5) is 0 Å². The summed E-state index contributed by atoms with van der Waals surface area (Å²) in [7, 11) is 1.61. The van der Waals surface area contributed by atoms with Crippen molar-refractivity contribution in [2.24, 2.45) is 0 Å². The van der Waals surface area contributed by atoms with Crippen molar-refractivity contribution in [3.8, 4) is 23.0 Å². The lowest BCUT2D eigenvalue weighted by molar-refractivity contribution is 0.106. The van der Waals surface area contributed by atoms with Gasteiger partial charge in [-0.3, -0.25) is 0 Å². The Kier molecular flexibility index (Phi) is 6.45. The fourth-order valence-electron chi connectivity index (χ4n) is 3.51. The maximum Gasteiger partial charge on any atom is 0.161 e. The highest BCUT2D eigenvalue weighted by atomic mass is 16.5. The molecule has 3 aromatic carbocycles. The molecule has 7 nitrogen and oxygen atoms in total. The molecule has 0 radical (unpaired) electrons. The lowest BCUT2D eigenvalue weighted by Crippen LogP contribution is -2.33. The molecular formula is C24H26N2O5. The zero-order valence-corrected chi connectivity index (χ0v) is 17.3. The Bertz CT molecular complexity index is 1160. The number of para-hydroxylation sites is 2. The fraction of sp³-hybridized carbons (Fsp3) is 0.250. The van der Waals surface area contributed by atoms with Crippen LogP contribution in [0.5, 0.6) is 23.0 Å². The van der Waals surface area contributed by atoms with E-state index in [9.17, 15) is 10.2 Å². The Balaban J connectivity index is 1.28. The Morgan fingerprint density at radius 3 is 2.58 bits per heavy atom. The number of aromatic amines is 1. The first-order valence-corrected chi connectivity index (χ1v) is 10.2. The highest BCUT2D eigenvalue weighted by Crippen LogP contribution is 2.34. The molecule has 0 bridgehead atoms. The van der Waals surface area contributed by atoms with Crippen LogP contribution in [0.2, 0.25) is 0 Å². The third-order valence-corrected chi connectivity index (χ3v) is 4.98. The van der Waals surface area contributed by atoms with Crippen molar-refractivity contribution in [3.63, 3.8) is 0 Å². The summed E-state index contributed by atoms with van der Waals surface area (Å²) in [5, 5.41) is 25.1. The van der Waals surface area contributed by atoms with E-state index >= 15 is 0 Å². The van der Waals surface area contributed by atoms with Gasteiger partial charge in [0, 0.05) is 29.4 Å². The summed E-state index contributed by atoms with van der Waals surface area (Å²) in [5.74, 6) is 2.24. The standard InChI is InChI=1S/C24H26N2O5/c1-29-21-6-2-3-7-22(21)30-12-11-25-14-17(28)15-31-23-8-4-5-20-24(23)18-13-16(27)9-10-19(18)26-20/h2-10,13,17,25-28H,11-12,14-15H2,1H3. The van der Waals surface area contributed by atoms with Crippen molar-refractivity contribution in [3.05, 3.63) is 60.7 Å². The van der Waals surface area contributed by atoms with Gasteiger partial charge in [0.1, 0.15) is 30.8 Å². The molecule has 7 heteroatoms. The quantitative estimate of drug-likeness (QED) is 0.293. The molecule has 0 spiro atoms. The minimum Gasteiger partial charge on any atom is -0.508 e. The van der Waals surface area contributed by atoms with E-state index < -0.39 is 6.10 Å². The summed E-state index contributed by atoms with van der Waals surface area (Å²) in [6, 6.07) is 18.4. The van der Waals surface area contributed by atoms with Crippen LogP contribution in [0.3, 0.4) is 0 Å². The second kappa shape index (κ2) is 9.59. The van der Waals surface area contributed by atoms with Crippen LogP contribution in [0.25, 0.3) is 21.8 Å². The predicted molar refractivity (Wildman–Crippen MR) is 120 cm³/mol. The number of benzene rings is 3. The van der Waals surface area contributed by atoms with E-state index in [0.29, 0.717) is 36.9 Å². The molecule has 0 aliphatic rings. The van der Waals surface area contributed by atoms with Crippen LogP contribution in [0.15, 0.2) is 60.7 Å². The number of aliphatic hydroxyl groups is 1. The summed E-state index contributed by atoms with van der Waals surface area (Å²) in [4.78, 5) is 3.31. The lowest BCUT2D eigenvalue weighted by Gasteiger charge is -2.15. The van der Waals surface area contributed by atoms with Gasteiger partial charge in [0.05, 0.1) is 12.6 Å². The summed E-state index contributed by atoms with van der Waals surface area (Å²) in [6.45, 7) is 1.55. The monoisotopic (exact) mass is 422 g/mol. The molecule has 162 valence electrons. The summed E-state index contributed by atoms with van der Waals surface area (Å²) >= 11 is 0. The first-order valence-electron chi connectivity index (χ1n) is 10.2. The zero-order valence-electron chi connectivity index (χ0n) is 17.3. The number of H-pyrrole nitrogens is 1. The van der Waals surface area contributed by atoms with E-state index in [1.54, 1.807) is 19.2 Å². The highest BCUT2D eigenvalue weighted by molar-refractivity contribution is 6.10. The molecule has 4 aromatic rings. The lowest BCUT2D eigenvalue weighted by atomic mass is 10.1. The van der Waals surface area contributed by atoms with Crippen molar-refractivity contribution in [2.45, 2.75) is 6.10 Å². The Morgan fingerprint density at radius 2 is 1.74 bits per heavy atom. The summed E-state index contributed by atoms with van der Waals surface area (Å²) in [6.07, 6.45) is -0.680. The van der Waals surface area contributed by atoms with Gasteiger partial charge in [0.15, 0.2) is 11.5 Å². The topological polar surface area (TPSA) is 96.0 Å². The predicted octanol–water partition coefficient (Wildman–Crippen LogP) is 3.44. The van der Waals surface area contributed by atoms with Crippen molar-refractivity contribution in [2.75, 3.05) is 33.4 Å². The number of fused-ring (bicyclic) bond motifs is 3. The number of aromatic nitrogens is 1. The average Bonchev–Trinajstić information content (AvgIpc) is 3.16. The molecule has 0 aliphatic heterocycles. The molecule has 0 saturated heterocycles. The van der Waals surface area contributed by atoms with Gasteiger partial charge in [-0.05, 0) is 42.5 Å². The molecule has 0 fully saturated rings. The maximum absolute atomic E-state index is 10.3. The average molecular weight is 422 g/mol. The molecule has 1 unspecified atom stereocenters. The minimum absolute atomic E-state index is 0.144. The van der Waals surface area contributed by atoms with E-state index in [0.717, 1.165) is 21.8 Å². The van der Waals surface area contributed by atoms with Crippen molar-refractivity contribution in [1.29, 1.82) is 0 Å². The second-order valence-electron chi connectivity index (χ2n) is 7.20. The smallest absolute Gasteiger partial charge is 0.161 e. The number of aromatic hydroxyl groups is 1. The number of phenolic OH excluding ortho intramolecular Hbond substituents is 1. The van der Waals surface area contributed by atoms with Crippen molar-refractivity contribution >= 4 is 21.8 Å². The third kappa shape index (κ3) is 4.84. The summed E-state index contributed by atoms with van der Waals surface area (Å²) in [5.41, 5.74) is 1.83. The van der Waals surface area contributed by atoms with Crippen LogP contribution < -0.4 is 19.5 Å². The van der Waals surface area contributed by atoms with Gasteiger partial charge < -0.3 is 34.7 Å². The maximum atomic E-state index is 10.3. The van der Waals surface area contributed by atoms with E-state index in [1.165, 1.54) is 0 Å². The molecule has 0 amide bonds. The van der Waals surface area contributed by atoms with Gasteiger partial charge in [-0.25, -0.2) is 0 Å². The van der Waals surface area contributed by atoms with E-state index in [4.69, 9.17) is 14.2 Å². The largest absolute Gasteiger partial charge is 0.508 e. The third-order valence-electron chi connectivity index (χ3n) is 4.98. The van der Waals surface area contributed by atoms with Crippen LogP contribution in [-0.4, -0.2) is 54.7 Å². The van der Waals surface area contributed by atoms with E-state index in [-0.39, 0.29) is 12.4 Å². The van der Waals surface area contributed by atoms with Crippen molar-refractivity contribution in [1.82, 2.24) is 10.3 Å². The van der Waals surface area contributed by atoms with Gasteiger partial charge in [-0.2, -0.15) is 0 Å². The molecule has 1 atom stereocenters. The van der Waals surface area contributed by atoms with Crippen LogP contribution in [-0.2, 0) is 0 Å². The first-order chi connectivity index (χ1) is 15.2. The second-order valence-corrected chi connectivity index (χ2v) is 7.20. The van der Waals surface area contributed by atoms with Gasteiger partial charge in [0.2, 0.25) is 0 Å². The van der Waals surface area contributed by atoms with Crippen LogP contribution >= 0.6 is 0 Å².